The maximum absolute atomic E-state index is 12.6. The van der Waals surface area contributed by atoms with Crippen molar-refractivity contribution in [1.82, 2.24) is 24.4 Å². The lowest BCUT2D eigenvalue weighted by Gasteiger charge is -2.08. The lowest BCUT2D eigenvalue weighted by molar-refractivity contribution is 0.0949. The van der Waals surface area contributed by atoms with Gasteiger partial charge in [-0.2, -0.15) is 0 Å². The van der Waals surface area contributed by atoms with Crippen molar-refractivity contribution in [2.24, 2.45) is 7.05 Å². The number of hydrogen-bond donors (Lipinski definition) is 2. The standard InChI is InChI=1S/C20H19N5O2S/c1-3-25-19(27)13-9-8-12(10-15(13)23-20(25)28)18(26)21-11-17-22-14-6-4-5-7-16(14)24(17)2/h4-10H,3,11H2,1-2H3,(H,21,26)(H,23,28). The van der Waals surface area contributed by atoms with Crippen molar-refractivity contribution in [2.45, 2.75) is 20.0 Å². The number of imidazole rings is 1. The number of para-hydroxylation sites is 2. The molecule has 0 unspecified atom stereocenters. The zero-order valence-corrected chi connectivity index (χ0v) is 16.3. The normalized spacial score (nSPS) is 11.2. The van der Waals surface area contributed by atoms with E-state index in [9.17, 15) is 9.59 Å². The predicted octanol–water partition coefficient (Wildman–Crippen LogP) is 2.90. The monoisotopic (exact) mass is 393 g/mol. The third-order valence-corrected chi connectivity index (χ3v) is 5.17. The summed E-state index contributed by atoms with van der Waals surface area (Å²) in [5.74, 6) is 0.522. The average Bonchev–Trinajstić information content (AvgIpc) is 3.02. The number of carbonyl (C=O) groups is 1. The molecule has 0 fully saturated rings. The third-order valence-electron chi connectivity index (χ3n) is 4.85. The molecule has 0 aliphatic carbocycles. The zero-order chi connectivity index (χ0) is 19.8. The molecule has 2 heterocycles. The fourth-order valence-corrected chi connectivity index (χ4v) is 3.62. The second-order valence-electron chi connectivity index (χ2n) is 6.50. The van der Waals surface area contributed by atoms with Gasteiger partial charge in [0.1, 0.15) is 5.82 Å². The number of rotatable bonds is 4. The first-order valence-corrected chi connectivity index (χ1v) is 9.36. The Morgan fingerprint density at radius 2 is 2.04 bits per heavy atom. The Morgan fingerprint density at radius 3 is 2.79 bits per heavy atom. The van der Waals surface area contributed by atoms with Crippen LogP contribution >= 0.6 is 12.2 Å². The van der Waals surface area contributed by atoms with Crippen LogP contribution in [0.4, 0.5) is 0 Å². The summed E-state index contributed by atoms with van der Waals surface area (Å²) in [5, 5.41) is 3.39. The molecule has 0 radical (unpaired) electrons. The highest BCUT2D eigenvalue weighted by Gasteiger charge is 2.12. The molecule has 7 nitrogen and oxygen atoms in total. The van der Waals surface area contributed by atoms with E-state index in [0.29, 0.717) is 34.3 Å². The van der Waals surface area contributed by atoms with Gasteiger partial charge >= 0.3 is 0 Å². The molecule has 2 aromatic carbocycles. The van der Waals surface area contributed by atoms with Gasteiger partial charge in [0.25, 0.3) is 11.5 Å². The first-order valence-electron chi connectivity index (χ1n) is 8.95. The van der Waals surface area contributed by atoms with E-state index in [2.05, 4.69) is 15.3 Å². The number of benzene rings is 2. The first kappa shape index (κ1) is 18.1. The largest absolute Gasteiger partial charge is 0.345 e. The topological polar surface area (TPSA) is 84.7 Å². The highest BCUT2D eigenvalue weighted by atomic mass is 32.1. The van der Waals surface area contributed by atoms with Crippen LogP contribution in [-0.2, 0) is 20.1 Å². The van der Waals surface area contributed by atoms with Crippen LogP contribution in [0, 0.1) is 4.77 Å². The highest BCUT2D eigenvalue weighted by molar-refractivity contribution is 7.71. The molecular weight excluding hydrogens is 374 g/mol. The number of fused-ring (bicyclic) bond motifs is 2. The summed E-state index contributed by atoms with van der Waals surface area (Å²) in [6.45, 7) is 2.65. The van der Waals surface area contributed by atoms with Crippen LogP contribution in [0.3, 0.4) is 0 Å². The van der Waals surface area contributed by atoms with E-state index in [4.69, 9.17) is 12.2 Å². The minimum absolute atomic E-state index is 0.159. The molecule has 1 amide bonds. The summed E-state index contributed by atoms with van der Waals surface area (Å²) < 4.78 is 3.79. The number of aromatic amines is 1. The quantitative estimate of drug-likeness (QED) is 0.522. The lowest BCUT2D eigenvalue weighted by atomic mass is 10.1. The number of nitrogens with zero attached hydrogens (tertiary/aromatic N) is 3. The number of nitrogens with one attached hydrogen (secondary N) is 2. The second kappa shape index (κ2) is 7.05. The Labute approximate surface area is 165 Å². The van der Waals surface area contributed by atoms with Gasteiger partial charge < -0.3 is 14.9 Å². The van der Waals surface area contributed by atoms with Crippen LogP contribution in [0.2, 0.25) is 0 Å². The summed E-state index contributed by atoms with van der Waals surface area (Å²) in [6.07, 6.45) is 0. The summed E-state index contributed by atoms with van der Waals surface area (Å²) in [5.41, 5.74) is 2.74. The van der Waals surface area contributed by atoms with Crippen LogP contribution in [0.5, 0.6) is 0 Å². The van der Waals surface area contributed by atoms with Crippen molar-refractivity contribution in [2.75, 3.05) is 0 Å². The molecule has 0 bridgehead atoms. The Hall–Kier alpha value is -3.26. The molecule has 0 saturated heterocycles. The molecular formula is C20H19N5O2S. The highest BCUT2D eigenvalue weighted by Crippen LogP contribution is 2.15. The zero-order valence-electron chi connectivity index (χ0n) is 15.5. The van der Waals surface area contributed by atoms with Crippen LogP contribution in [0.25, 0.3) is 21.9 Å². The second-order valence-corrected chi connectivity index (χ2v) is 6.89. The van der Waals surface area contributed by atoms with E-state index in [1.54, 1.807) is 18.2 Å². The van der Waals surface area contributed by atoms with Crippen LogP contribution < -0.4 is 10.9 Å². The molecule has 4 aromatic rings. The third kappa shape index (κ3) is 3.01. The van der Waals surface area contributed by atoms with Crippen molar-refractivity contribution in [3.8, 4) is 0 Å². The summed E-state index contributed by atoms with van der Waals surface area (Å²) in [6, 6.07) is 12.8. The number of carbonyl (C=O) groups excluding carboxylic acids is 1. The smallest absolute Gasteiger partial charge is 0.262 e. The molecule has 0 atom stereocenters. The molecule has 0 spiro atoms. The van der Waals surface area contributed by atoms with E-state index < -0.39 is 0 Å². The van der Waals surface area contributed by atoms with Crippen LogP contribution in [0.1, 0.15) is 23.1 Å². The van der Waals surface area contributed by atoms with Crippen LogP contribution in [0.15, 0.2) is 47.3 Å². The molecule has 4 rings (SSSR count). The van der Waals surface area contributed by atoms with E-state index in [1.165, 1.54) is 4.57 Å². The molecule has 142 valence electrons. The van der Waals surface area contributed by atoms with Crippen molar-refractivity contribution in [3.63, 3.8) is 0 Å². The summed E-state index contributed by atoms with van der Waals surface area (Å²) >= 11 is 5.23. The van der Waals surface area contributed by atoms with Gasteiger partial charge in [-0.3, -0.25) is 14.2 Å². The molecule has 28 heavy (non-hydrogen) atoms. The lowest BCUT2D eigenvalue weighted by Crippen LogP contribution is -2.25. The van der Waals surface area contributed by atoms with Crippen LogP contribution in [-0.4, -0.2) is 25.0 Å². The maximum Gasteiger partial charge on any atom is 0.262 e. The van der Waals surface area contributed by atoms with E-state index >= 15 is 0 Å². The Kier molecular flexibility index (Phi) is 4.56. The van der Waals surface area contributed by atoms with E-state index in [0.717, 1.165) is 16.9 Å². The summed E-state index contributed by atoms with van der Waals surface area (Å²) in [4.78, 5) is 32.7. The van der Waals surface area contributed by atoms with E-state index in [-0.39, 0.29) is 11.5 Å². The molecule has 8 heteroatoms. The van der Waals surface area contributed by atoms with E-state index in [1.807, 2.05) is 42.8 Å². The van der Waals surface area contributed by atoms with Gasteiger partial charge in [0.2, 0.25) is 0 Å². The molecule has 0 saturated carbocycles. The van der Waals surface area contributed by atoms with Crippen molar-refractivity contribution in [3.05, 3.63) is 69.0 Å². The molecule has 2 aromatic heterocycles. The van der Waals surface area contributed by atoms with Crippen molar-refractivity contribution in [1.29, 1.82) is 0 Å². The average molecular weight is 393 g/mol. The maximum atomic E-state index is 12.6. The molecule has 0 aliphatic rings. The first-order chi connectivity index (χ1) is 13.5. The van der Waals surface area contributed by atoms with Gasteiger partial charge in [0.15, 0.2) is 4.77 Å². The van der Waals surface area contributed by atoms with Gasteiger partial charge in [0, 0.05) is 19.2 Å². The number of aromatic nitrogens is 4. The number of hydrogen-bond acceptors (Lipinski definition) is 4. The molecule has 2 N–H and O–H groups in total. The van der Waals surface area contributed by atoms with Gasteiger partial charge in [0.05, 0.1) is 28.5 Å². The minimum atomic E-state index is -0.243. The van der Waals surface area contributed by atoms with Gasteiger partial charge in [-0.05, 0) is 49.5 Å². The number of aryl methyl sites for hydroxylation is 1. The van der Waals surface area contributed by atoms with Gasteiger partial charge in [-0.1, -0.05) is 12.1 Å². The fourth-order valence-electron chi connectivity index (χ4n) is 3.30. The molecule has 0 aliphatic heterocycles. The fraction of sp³-hybridized carbons (Fsp3) is 0.200. The summed E-state index contributed by atoms with van der Waals surface area (Å²) in [7, 11) is 1.92. The SMILES string of the molecule is CCn1c(=S)[nH]c2cc(C(=O)NCc3nc4ccccc4n3C)ccc2c1=O. The van der Waals surface area contributed by atoms with Gasteiger partial charge in [-0.25, -0.2) is 4.98 Å². The Morgan fingerprint density at radius 1 is 1.25 bits per heavy atom. The minimum Gasteiger partial charge on any atom is -0.345 e. The number of amides is 1. The van der Waals surface area contributed by atoms with Gasteiger partial charge in [-0.15, -0.1) is 0 Å². The predicted molar refractivity (Wildman–Crippen MR) is 111 cm³/mol. The van der Waals surface area contributed by atoms with Crippen molar-refractivity contribution < 1.29 is 4.79 Å². The number of H-pyrrole nitrogens is 1. The van der Waals surface area contributed by atoms with Crippen molar-refractivity contribution >= 4 is 40.1 Å². The Bertz CT molecular complexity index is 1330. The Balaban J connectivity index is 1.61.